The quantitative estimate of drug-likeness (QED) is 0.345. The van der Waals surface area contributed by atoms with Crippen LogP contribution in [0.2, 0.25) is 5.02 Å². The van der Waals surface area contributed by atoms with E-state index in [9.17, 15) is 14.7 Å². The van der Waals surface area contributed by atoms with E-state index in [2.05, 4.69) is 20.5 Å². The molecule has 0 spiro atoms. The minimum absolute atomic E-state index is 0.0607. The normalized spacial score (nSPS) is 12.0. The zero-order valence-corrected chi connectivity index (χ0v) is 17.6. The summed E-state index contributed by atoms with van der Waals surface area (Å²) in [5.41, 5.74) is 2.40. The van der Waals surface area contributed by atoms with E-state index in [0.717, 1.165) is 28.2 Å². The number of carboxylic acids is 1. The molecule has 1 atom stereocenters. The molecule has 0 saturated carbocycles. The number of H-pyrrole nitrogens is 1. The first-order chi connectivity index (χ1) is 15.0. The van der Waals surface area contributed by atoms with Gasteiger partial charge in [-0.25, -0.2) is 4.79 Å². The smallest absolute Gasteiger partial charge is 0.326 e. The van der Waals surface area contributed by atoms with Crippen LogP contribution in [-0.2, 0) is 16.0 Å². The maximum atomic E-state index is 12.3. The molecule has 158 valence electrons. The minimum atomic E-state index is -1.11. The van der Waals surface area contributed by atoms with E-state index in [1.165, 1.54) is 0 Å². The molecule has 8 nitrogen and oxygen atoms in total. The Labute approximate surface area is 186 Å². The number of thioether (sulfide) groups is 1. The summed E-state index contributed by atoms with van der Waals surface area (Å²) in [6.07, 6.45) is 1.92. The van der Waals surface area contributed by atoms with Gasteiger partial charge < -0.3 is 19.8 Å². The summed E-state index contributed by atoms with van der Waals surface area (Å²) < 4.78 is 5.54. The van der Waals surface area contributed by atoms with Crippen molar-refractivity contribution < 1.29 is 19.1 Å². The third kappa shape index (κ3) is 5.07. The molecule has 1 amide bonds. The van der Waals surface area contributed by atoms with Gasteiger partial charge in [0.05, 0.1) is 5.75 Å². The van der Waals surface area contributed by atoms with E-state index in [0.29, 0.717) is 10.6 Å². The Hall–Kier alpha value is -3.30. The van der Waals surface area contributed by atoms with Crippen molar-refractivity contribution in [2.45, 2.75) is 17.7 Å². The zero-order chi connectivity index (χ0) is 21.8. The molecule has 3 N–H and O–H groups in total. The fraction of sp³-hybridized carbons (Fsp3) is 0.143. The van der Waals surface area contributed by atoms with Gasteiger partial charge in [-0.2, -0.15) is 0 Å². The van der Waals surface area contributed by atoms with Crippen molar-refractivity contribution in [3.8, 4) is 11.5 Å². The molecule has 4 rings (SSSR count). The van der Waals surface area contributed by atoms with Crippen molar-refractivity contribution in [2.75, 3.05) is 5.75 Å². The lowest BCUT2D eigenvalue weighted by Gasteiger charge is -2.13. The molecule has 4 aromatic rings. The van der Waals surface area contributed by atoms with Gasteiger partial charge in [-0.3, -0.25) is 4.79 Å². The fourth-order valence-electron chi connectivity index (χ4n) is 3.09. The van der Waals surface area contributed by atoms with Crippen LogP contribution in [0.1, 0.15) is 5.56 Å². The van der Waals surface area contributed by atoms with Crippen LogP contribution in [0.3, 0.4) is 0 Å². The van der Waals surface area contributed by atoms with E-state index in [4.69, 9.17) is 16.0 Å². The van der Waals surface area contributed by atoms with E-state index in [1.807, 2.05) is 24.3 Å². The molecule has 2 aromatic carbocycles. The van der Waals surface area contributed by atoms with Crippen molar-refractivity contribution in [2.24, 2.45) is 0 Å². The average molecular weight is 457 g/mol. The Balaban J connectivity index is 1.36. The number of para-hydroxylation sites is 1. The van der Waals surface area contributed by atoms with Crippen molar-refractivity contribution in [1.29, 1.82) is 0 Å². The summed E-state index contributed by atoms with van der Waals surface area (Å²) in [6, 6.07) is 13.5. The summed E-state index contributed by atoms with van der Waals surface area (Å²) in [4.78, 5) is 27.1. The van der Waals surface area contributed by atoms with Gasteiger partial charge in [0.15, 0.2) is 0 Å². The van der Waals surface area contributed by atoms with Crippen molar-refractivity contribution in [3.63, 3.8) is 0 Å². The number of nitrogens with one attached hydrogen (secondary N) is 2. The Morgan fingerprint density at radius 3 is 2.84 bits per heavy atom. The number of rotatable bonds is 8. The highest BCUT2D eigenvalue weighted by molar-refractivity contribution is 7.99. The van der Waals surface area contributed by atoms with Gasteiger partial charge in [0.25, 0.3) is 5.22 Å². The lowest BCUT2D eigenvalue weighted by Crippen LogP contribution is -2.43. The molecule has 0 radical (unpaired) electrons. The van der Waals surface area contributed by atoms with Crippen LogP contribution in [0.5, 0.6) is 0 Å². The SMILES string of the molecule is O=C(CSc1nnc(-c2cccc(Cl)c2)o1)NC(Cc1c[nH]c2ccccc12)C(=O)O. The Morgan fingerprint density at radius 1 is 1.19 bits per heavy atom. The van der Waals surface area contributed by atoms with Crippen molar-refractivity contribution >= 4 is 46.1 Å². The van der Waals surface area contributed by atoms with Gasteiger partial charge in [-0.15, -0.1) is 10.2 Å². The van der Waals surface area contributed by atoms with Crippen LogP contribution in [0, 0.1) is 0 Å². The molecule has 2 heterocycles. The second-order valence-corrected chi connectivity index (χ2v) is 8.06. The van der Waals surface area contributed by atoms with Crippen LogP contribution >= 0.6 is 23.4 Å². The monoisotopic (exact) mass is 456 g/mol. The van der Waals surface area contributed by atoms with Crippen molar-refractivity contribution in [1.82, 2.24) is 20.5 Å². The highest BCUT2D eigenvalue weighted by Crippen LogP contribution is 2.25. The second kappa shape index (κ2) is 9.23. The summed E-state index contributed by atoms with van der Waals surface area (Å²) in [5, 5.41) is 21.6. The minimum Gasteiger partial charge on any atom is -0.480 e. The number of aromatic nitrogens is 3. The number of carboxylic acid groups (broad SMARTS) is 1. The summed E-state index contributed by atoms with van der Waals surface area (Å²) in [7, 11) is 0. The van der Waals surface area contributed by atoms with Gasteiger partial charge in [0, 0.05) is 34.1 Å². The van der Waals surface area contributed by atoms with Gasteiger partial charge >= 0.3 is 5.97 Å². The number of halogens is 1. The molecular weight excluding hydrogens is 440 g/mol. The Bertz CT molecular complexity index is 1240. The van der Waals surface area contributed by atoms with Crippen molar-refractivity contribution in [3.05, 3.63) is 65.3 Å². The number of hydrogen-bond donors (Lipinski definition) is 3. The first-order valence-corrected chi connectivity index (χ1v) is 10.7. The third-order valence-corrected chi connectivity index (χ3v) is 5.59. The first-order valence-electron chi connectivity index (χ1n) is 9.29. The number of carbonyl (C=O) groups is 2. The van der Waals surface area contributed by atoms with Crippen LogP contribution in [0.25, 0.3) is 22.4 Å². The Kier molecular flexibility index (Phi) is 6.24. The molecule has 0 aliphatic rings. The second-order valence-electron chi connectivity index (χ2n) is 6.69. The number of fused-ring (bicyclic) bond motifs is 1. The maximum Gasteiger partial charge on any atom is 0.326 e. The lowest BCUT2D eigenvalue weighted by molar-refractivity contribution is -0.141. The summed E-state index contributed by atoms with van der Waals surface area (Å²) in [5.74, 6) is -1.33. The molecule has 1 unspecified atom stereocenters. The molecule has 0 saturated heterocycles. The number of carbonyl (C=O) groups excluding carboxylic acids is 1. The first kappa shape index (κ1) is 21.0. The highest BCUT2D eigenvalue weighted by Gasteiger charge is 2.22. The van der Waals surface area contributed by atoms with Gasteiger partial charge in [-0.05, 0) is 29.8 Å². The predicted octanol–water partition coefficient (Wildman–Crippen LogP) is 3.78. The van der Waals surface area contributed by atoms with E-state index in [1.54, 1.807) is 30.5 Å². The average Bonchev–Trinajstić information content (AvgIpc) is 3.39. The number of benzene rings is 2. The Morgan fingerprint density at radius 2 is 2.03 bits per heavy atom. The van der Waals surface area contributed by atoms with E-state index < -0.39 is 17.9 Å². The highest BCUT2D eigenvalue weighted by atomic mass is 35.5. The number of aliphatic carboxylic acids is 1. The van der Waals surface area contributed by atoms with Crippen LogP contribution in [0.4, 0.5) is 0 Å². The summed E-state index contributed by atoms with van der Waals surface area (Å²) in [6.45, 7) is 0. The largest absolute Gasteiger partial charge is 0.480 e. The molecule has 0 bridgehead atoms. The molecular formula is C21H17ClN4O4S. The number of hydrogen-bond acceptors (Lipinski definition) is 6. The van der Waals surface area contributed by atoms with Gasteiger partial charge in [-0.1, -0.05) is 47.6 Å². The standard InChI is InChI=1S/C21H17ClN4O4S/c22-14-5-3-4-12(8-14)19-25-26-21(30-19)31-11-18(27)24-17(20(28)29)9-13-10-23-16-7-2-1-6-15(13)16/h1-8,10,17,23H,9,11H2,(H,24,27)(H,28,29). The van der Waals surface area contributed by atoms with Gasteiger partial charge in [0.2, 0.25) is 11.8 Å². The molecule has 2 aromatic heterocycles. The van der Waals surface area contributed by atoms with Crippen LogP contribution in [-0.4, -0.2) is 44.0 Å². The summed E-state index contributed by atoms with van der Waals surface area (Å²) >= 11 is 6.99. The molecule has 10 heteroatoms. The maximum absolute atomic E-state index is 12.3. The fourth-order valence-corrected chi connectivity index (χ4v) is 3.85. The molecule has 0 aliphatic carbocycles. The number of aromatic amines is 1. The van der Waals surface area contributed by atoms with E-state index in [-0.39, 0.29) is 23.3 Å². The van der Waals surface area contributed by atoms with E-state index >= 15 is 0 Å². The predicted molar refractivity (Wildman–Crippen MR) is 117 cm³/mol. The van der Waals surface area contributed by atoms with Crippen LogP contribution < -0.4 is 5.32 Å². The number of amides is 1. The molecule has 0 aliphatic heterocycles. The van der Waals surface area contributed by atoms with Crippen LogP contribution in [0.15, 0.2) is 64.4 Å². The van der Waals surface area contributed by atoms with Gasteiger partial charge in [0.1, 0.15) is 6.04 Å². The lowest BCUT2D eigenvalue weighted by atomic mass is 10.1. The topological polar surface area (TPSA) is 121 Å². The molecule has 0 fully saturated rings. The third-order valence-electron chi connectivity index (χ3n) is 4.54. The molecule has 31 heavy (non-hydrogen) atoms. The number of nitrogens with zero attached hydrogens (tertiary/aromatic N) is 2. The zero-order valence-electron chi connectivity index (χ0n) is 16.0.